The summed E-state index contributed by atoms with van der Waals surface area (Å²) in [5.41, 5.74) is 2.01. The molecule has 0 aromatic rings. The Hall–Kier alpha value is -0.120. The molecular weight excluding hydrogens is 116 g/mol. The number of nitrogens with two attached hydrogens (primary N) is 1. The third-order valence-corrected chi connectivity index (χ3v) is 1.97. The third-order valence-electron chi connectivity index (χ3n) is 1.97. The molecule has 0 unspecified atom stereocenters. The van der Waals surface area contributed by atoms with E-state index in [1.807, 2.05) is 0 Å². The van der Waals surface area contributed by atoms with Gasteiger partial charge < -0.3 is 5.11 Å². The molecule has 1 aliphatic rings. The van der Waals surface area contributed by atoms with Crippen molar-refractivity contribution in [2.24, 2.45) is 5.84 Å². The molecule has 0 saturated heterocycles. The fraction of sp³-hybridized carbons (Fsp3) is 1.00. The zero-order valence-corrected chi connectivity index (χ0v) is 5.56. The molecule has 0 radical (unpaired) electrons. The molecule has 1 aliphatic carbocycles. The highest BCUT2D eigenvalue weighted by Crippen LogP contribution is 2.28. The van der Waals surface area contributed by atoms with E-state index in [-0.39, 0.29) is 0 Å². The fourth-order valence-corrected chi connectivity index (χ4v) is 1.40. The summed E-state index contributed by atoms with van der Waals surface area (Å²) in [4.78, 5) is 0. The van der Waals surface area contributed by atoms with Crippen LogP contribution in [0, 0.1) is 0 Å². The maximum atomic E-state index is 9.55. The summed E-state index contributed by atoms with van der Waals surface area (Å²) in [6.07, 6.45) is 4.07. The molecule has 0 heterocycles. The Morgan fingerprint density at radius 1 is 1.44 bits per heavy atom. The van der Waals surface area contributed by atoms with Gasteiger partial charge in [-0.1, -0.05) is 12.8 Å². The van der Waals surface area contributed by atoms with Crippen LogP contribution in [0.5, 0.6) is 0 Å². The molecule has 0 amide bonds. The topological polar surface area (TPSA) is 58.3 Å². The van der Waals surface area contributed by atoms with Crippen molar-refractivity contribution in [1.29, 1.82) is 0 Å². The van der Waals surface area contributed by atoms with Gasteiger partial charge in [-0.25, -0.2) is 0 Å². The first-order valence-electron chi connectivity index (χ1n) is 3.43. The third kappa shape index (κ3) is 1.64. The monoisotopic (exact) mass is 130 g/mol. The van der Waals surface area contributed by atoms with Crippen molar-refractivity contribution in [3.63, 3.8) is 0 Å². The number of rotatable bonds is 2. The summed E-state index contributed by atoms with van der Waals surface area (Å²) in [6, 6.07) is 0. The highest BCUT2D eigenvalue weighted by molar-refractivity contribution is 4.85. The second-order valence-electron chi connectivity index (χ2n) is 2.81. The normalized spacial score (nSPS) is 24.7. The van der Waals surface area contributed by atoms with Crippen molar-refractivity contribution >= 4 is 0 Å². The van der Waals surface area contributed by atoms with Gasteiger partial charge in [0.25, 0.3) is 0 Å². The Kier molecular flexibility index (Phi) is 2.05. The van der Waals surface area contributed by atoms with E-state index in [1.165, 1.54) is 0 Å². The van der Waals surface area contributed by atoms with Gasteiger partial charge in [-0.15, -0.1) is 0 Å². The molecule has 0 aliphatic heterocycles. The SMILES string of the molecule is NNCC1(O)CCCC1. The van der Waals surface area contributed by atoms with E-state index in [1.54, 1.807) is 0 Å². The first kappa shape index (κ1) is 6.99. The van der Waals surface area contributed by atoms with Crippen LogP contribution in [-0.4, -0.2) is 17.3 Å². The van der Waals surface area contributed by atoms with E-state index in [0.29, 0.717) is 6.54 Å². The van der Waals surface area contributed by atoms with Crippen molar-refractivity contribution in [2.75, 3.05) is 6.54 Å². The van der Waals surface area contributed by atoms with Crippen LogP contribution in [0.2, 0.25) is 0 Å². The van der Waals surface area contributed by atoms with Gasteiger partial charge in [0, 0.05) is 6.54 Å². The number of aliphatic hydroxyl groups is 1. The number of hydrogen-bond acceptors (Lipinski definition) is 3. The van der Waals surface area contributed by atoms with Gasteiger partial charge in [-0.3, -0.25) is 11.3 Å². The maximum Gasteiger partial charge on any atom is 0.0785 e. The standard InChI is InChI=1S/C6H14N2O/c7-8-5-6(9)3-1-2-4-6/h8-9H,1-5,7H2. The molecule has 0 bridgehead atoms. The molecule has 4 N–H and O–H groups in total. The lowest BCUT2D eigenvalue weighted by atomic mass is 10.0. The summed E-state index contributed by atoms with van der Waals surface area (Å²) in [6.45, 7) is 0.535. The van der Waals surface area contributed by atoms with Gasteiger partial charge in [0.2, 0.25) is 0 Å². The summed E-state index contributed by atoms with van der Waals surface area (Å²) < 4.78 is 0. The summed E-state index contributed by atoms with van der Waals surface area (Å²) in [5, 5.41) is 9.55. The zero-order valence-electron chi connectivity index (χ0n) is 5.56. The molecule has 0 aromatic heterocycles. The lowest BCUT2D eigenvalue weighted by Gasteiger charge is -2.20. The van der Waals surface area contributed by atoms with Gasteiger partial charge in [0.15, 0.2) is 0 Å². The predicted octanol–water partition coefficient (Wildman–Crippen LogP) is -0.245. The minimum atomic E-state index is -0.491. The number of hydrogen-bond donors (Lipinski definition) is 3. The molecular formula is C6H14N2O. The lowest BCUT2D eigenvalue weighted by Crippen LogP contribution is -2.41. The van der Waals surface area contributed by atoms with Crippen molar-refractivity contribution < 1.29 is 5.11 Å². The van der Waals surface area contributed by atoms with Crippen LogP contribution >= 0.6 is 0 Å². The molecule has 1 saturated carbocycles. The van der Waals surface area contributed by atoms with Gasteiger partial charge in [0.05, 0.1) is 5.60 Å². The molecule has 54 valence electrons. The molecule has 1 rings (SSSR count). The van der Waals surface area contributed by atoms with Crippen LogP contribution in [0.3, 0.4) is 0 Å². The number of nitrogens with one attached hydrogen (secondary N) is 1. The second-order valence-corrected chi connectivity index (χ2v) is 2.81. The molecule has 0 spiro atoms. The second kappa shape index (κ2) is 2.64. The van der Waals surface area contributed by atoms with E-state index < -0.39 is 5.60 Å². The van der Waals surface area contributed by atoms with Crippen molar-refractivity contribution in [3.8, 4) is 0 Å². The van der Waals surface area contributed by atoms with Gasteiger partial charge in [-0.2, -0.15) is 0 Å². The first-order valence-corrected chi connectivity index (χ1v) is 3.43. The van der Waals surface area contributed by atoms with Crippen LogP contribution in [0.1, 0.15) is 25.7 Å². The first-order chi connectivity index (χ1) is 4.27. The minimum Gasteiger partial charge on any atom is -0.389 e. The fourth-order valence-electron chi connectivity index (χ4n) is 1.40. The summed E-state index contributed by atoms with van der Waals surface area (Å²) in [5.74, 6) is 5.08. The van der Waals surface area contributed by atoms with E-state index in [4.69, 9.17) is 5.84 Å². The summed E-state index contributed by atoms with van der Waals surface area (Å²) >= 11 is 0. The van der Waals surface area contributed by atoms with Crippen LogP contribution in [0.25, 0.3) is 0 Å². The highest BCUT2D eigenvalue weighted by atomic mass is 16.3. The van der Waals surface area contributed by atoms with E-state index >= 15 is 0 Å². The zero-order chi connectivity index (χ0) is 6.74. The van der Waals surface area contributed by atoms with Gasteiger partial charge >= 0.3 is 0 Å². The lowest BCUT2D eigenvalue weighted by molar-refractivity contribution is 0.0480. The van der Waals surface area contributed by atoms with E-state index in [0.717, 1.165) is 25.7 Å². The van der Waals surface area contributed by atoms with Gasteiger partial charge in [0.1, 0.15) is 0 Å². The quantitative estimate of drug-likeness (QED) is 0.357. The molecule has 0 aromatic carbocycles. The van der Waals surface area contributed by atoms with Crippen molar-refractivity contribution in [2.45, 2.75) is 31.3 Å². The average Bonchev–Trinajstić information content (AvgIpc) is 2.16. The Balaban J connectivity index is 2.32. The van der Waals surface area contributed by atoms with Gasteiger partial charge in [-0.05, 0) is 12.8 Å². The molecule has 3 heteroatoms. The van der Waals surface area contributed by atoms with Crippen molar-refractivity contribution in [1.82, 2.24) is 5.43 Å². The molecule has 1 fully saturated rings. The maximum absolute atomic E-state index is 9.55. The van der Waals surface area contributed by atoms with E-state index in [9.17, 15) is 5.11 Å². The minimum absolute atomic E-state index is 0.491. The predicted molar refractivity (Wildman–Crippen MR) is 35.6 cm³/mol. The Morgan fingerprint density at radius 3 is 2.44 bits per heavy atom. The molecule has 3 nitrogen and oxygen atoms in total. The smallest absolute Gasteiger partial charge is 0.0785 e. The van der Waals surface area contributed by atoms with Crippen molar-refractivity contribution in [3.05, 3.63) is 0 Å². The van der Waals surface area contributed by atoms with Crippen LogP contribution < -0.4 is 11.3 Å². The number of hydrazine groups is 1. The average molecular weight is 130 g/mol. The summed E-state index contributed by atoms with van der Waals surface area (Å²) in [7, 11) is 0. The Morgan fingerprint density at radius 2 is 2.00 bits per heavy atom. The highest BCUT2D eigenvalue weighted by Gasteiger charge is 2.29. The van der Waals surface area contributed by atoms with E-state index in [2.05, 4.69) is 5.43 Å². The molecule has 0 atom stereocenters. The Labute approximate surface area is 55.2 Å². The largest absolute Gasteiger partial charge is 0.389 e. The van der Waals surface area contributed by atoms with Crippen LogP contribution in [0.4, 0.5) is 0 Å². The molecule has 9 heavy (non-hydrogen) atoms. The Bertz CT molecular complexity index is 89.1. The van der Waals surface area contributed by atoms with Crippen LogP contribution in [0.15, 0.2) is 0 Å². The van der Waals surface area contributed by atoms with Crippen LogP contribution in [-0.2, 0) is 0 Å².